The summed E-state index contributed by atoms with van der Waals surface area (Å²) in [6.45, 7) is 0.567. The lowest BCUT2D eigenvalue weighted by molar-refractivity contribution is 0.0828. The largest absolute Gasteiger partial charge is 0.370 e. The topological polar surface area (TPSA) is 56.7 Å². The quantitative estimate of drug-likeness (QED) is 0.732. The smallest absolute Gasteiger partial charge is 0.255 e. The van der Waals surface area contributed by atoms with Crippen molar-refractivity contribution in [3.63, 3.8) is 0 Å². The standard InChI is InChI=1S/C23H27ClN4O/c1-28(2)21(29)18-10-7-11-19-20(18)27-23(12-4-3-5-13-23)22(26-19)25-15-16-8-6-9-17(24)14-16/h6-11,14,27H,3-5,12-13,15H2,1-2H3,(H,25,26). The van der Waals surface area contributed by atoms with Gasteiger partial charge in [0, 0.05) is 19.1 Å². The van der Waals surface area contributed by atoms with Crippen LogP contribution in [-0.4, -0.2) is 36.3 Å². The number of aliphatic imine (C=N–C) groups is 1. The van der Waals surface area contributed by atoms with E-state index >= 15 is 0 Å². The number of para-hydroxylation sites is 1. The molecule has 152 valence electrons. The van der Waals surface area contributed by atoms with Gasteiger partial charge in [0.15, 0.2) is 0 Å². The van der Waals surface area contributed by atoms with Crippen LogP contribution in [-0.2, 0) is 6.54 Å². The van der Waals surface area contributed by atoms with E-state index in [4.69, 9.17) is 16.6 Å². The number of amides is 1. The highest BCUT2D eigenvalue weighted by Gasteiger charge is 2.42. The summed E-state index contributed by atoms with van der Waals surface area (Å²) in [4.78, 5) is 19.3. The first-order chi connectivity index (χ1) is 14.0. The third kappa shape index (κ3) is 3.97. The van der Waals surface area contributed by atoms with E-state index in [2.05, 4.69) is 10.6 Å². The summed E-state index contributed by atoms with van der Waals surface area (Å²) in [5, 5.41) is 8.03. The van der Waals surface area contributed by atoms with E-state index in [9.17, 15) is 4.79 Å². The summed E-state index contributed by atoms with van der Waals surface area (Å²) in [7, 11) is 3.57. The fourth-order valence-corrected chi connectivity index (χ4v) is 4.48. The molecule has 0 radical (unpaired) electrons. The van der Waals surface area contributed by atoms with E-state index in [0.717, 1.165) is 53.5 Å². The van der Waals surface area contributed by atoms with E-state index in [1.807, 2.05) is 42.5 Å². The molecule has 1 amide bonds. The number of halogens is 1. The molecule has 2 aromatic carbocycles. The molecular weight excluding hydrogens is 384 g/mol. The predicted octanol–water partition coefficient (Wildman–Crippen LogP) is 5.18. The van der Waals surface area contributed by atoms with Crippen LogP contribution >= 0.6 is 11.6 Å². The third-order valence-corrected chi connectivity index (χ3v) is 6.02. The molecule has 0 saturated heterocycles. The first-order valence-corrected chi connectivity index (χ1v) is 10.6. The van der Waals surface area contributed by atoms with E-state index in [0.29, 0.717) is 12.1 Å². The van der Waals surface area contributed by atoms with E-state index in [-0.39, 0.29) is 11.4 Å². The predicted molar refractivity (Wildman–Crippen MR) is 120 cm³/mol. The number of rotatable bonds is 3. The minimum Gasteiger partial charge on any atom is -0.370 e. The molecule has 1 aliphatic carbocycles. The lowest BCUT2D eigenvalue weighted by Gasteiger charge is -2.44. The number of amidine groups is 1. The molecule has 0 aromatic heterocycles. The summed E-state index contributed by atoms with van der Waals surface area (Å²) in [5.41, 5.74) is 3.31. The van der Waals surface area contributed by atoms with Gasteiger partial charge in [-0.25, -0.2) is 0 Å². The Morgan fingerprint density at radius 1 is 1.14 bits per heavy atom. The number of nitrogens with zero attached hydrogens (tertiary/aromatic N) is 2. The van der Waals surface area contributed by atoms with Crippen LogP contribution in [0.3, 0.4) is 0 Å². The maximum atomic E-state index is 12.7. The molecule has 1 spiro atoms. The lowest BCUT2D eigenvalue weighted by Crippen LogP contribution is -2.54. The minimum atomic E-state index is -0.257. The van der Waals surface area contributed by atoms with Crippen molar-refractivity contribution in [3.8, 4) is 0 Å². The number of anilines is 2. The summed E-state index contributed by atoms with van der Waals surface area (Å²) in [6, 6.07) is 13.6. The van der Waals surface area contributed by atoms with Crippen molar-refractivity contribution in [1.29, 1.82) is 0 Å². The molecule has 1 fully saturated rings. The highest BCUT2D eigenvalue weighted by molar-refractivity contribution is 6.30. The number of carbonyl (C=O) groups excluding carboxylic acids is 1. The third-order valence-electron chi connectivity index (χ3n) is 5.79. The Balaban J connectivity index is 1.72. The molecule has 2 N–H and O–H groups in total. The van der Waals surface area contributed by atoms with Crippen molar-refractivity contribution in [2.75, 3.05) is 24.7 Å². The second-order valence-corrected chi connectivity index (χ2v) is 8.55. The van der Waals surface area contributed by atoms with Crippen LogP contribution in [0.2, 0.25) is 5.02 Å². The van der Waals surface area contributed by atoms with E-state index in [1.165, 1.54) is 6.42 Å². The number of fused-ring (bicyclic) bond motifs is 1. The summed E-state index contributed by atoms with van der Waals surface area (Å²) < 4.78 is 0. The number of hydrogen-bond donors (Lipinski definition) is 2. The molecule has 1 aliphatic heterocycles. The number of carbonyl (C=O) groups is 1. The van der Waals surface area contributed by atoms with Crippen LogP contribution in [0.4, 0.5) is 11.4 Å². The average Bonchev–Trinajstić information content (AvgIpc) is 2.72. The highest BCUT2D eigenvalue weighted by atomic mass is 35.5. The number of benzene rings is 2. The summed E-state index contributed by atoms with van der Waals surface area (Å²) >= 11 is 6.14. The van der Waals surface area contributed by atoms with Crippen molar-refractivity contribution < 1.29 is 4.79 Å². The molecule has 29 heavy (non-hydrogen) atoms. The molecule has 6 heteroatoms. The van der Waals surface area contributed by atoms with Crippen molar-refractivity contribution in [3.05, 3.63) is 58.6 Å². The first-order valence-electron chi connectivity index (χ1n) is 10.2. The fourth-order valence-electron chi connectivity index (χ4n) is 4.27. The molecule has 2 aliphatic rings. The van der Waals surface area contributed by atoms with E-state index < -0.39 is 0 Å². The minimum absolute atomic E-state index is 0.00132. The van der Waals surface area contributed by atoms with Crippen LogP contribution in [0.15, 0.2) is 47.5 Å². The monoisotopic (exact) mass is 410 g/mol. The molecule has 1 heterocycles. The van der Waals surface area contributed by atoms with E-state index in [1.54, 1.807) is 19.0 Å². The molecule has 1 saturated carbocycles. The van der Waals surface area contributed by atoms with Crippen molar-refractivity contribution in [2.24, 2.45) is 4.99 Å². The van der Waals surface area contributed by atoms with Crippen LogP contribution in [0, 0.1) is 0 Å². The van der Waals surface area contributed by atoms with Gasteiger partial charge >= 0.3 is 0 Å². The molecule has 4 rings (SSSR count). The maximum Gasteiger partial charge on any atom is 0.255 e. The first kappa shape index (κ1) is 19.8. The lowest BCUT2D eigenvalue weighted by atomic mass is 9.78. The van der Waals surface area contributed by atoms with Gasteiger partial charge in [-0.2, -0.15) is 0 Å². The van der Waals surface area contributed by atoms with Crippen LogP contribution in [0.1, 0.15) is 48.0 Å². The molecular formula is C23H27ClN4O. The van der Waals surface area contributed by atoms with Gasteiger partial charge in [-0.3, -0.25) is 9.79 Å². The molecule has 0 unspecified atom stereocenters. The number of nitrogens with one attached hydrogen (secondary N) is 2. The zero-order chi connectivity index (χ0) is 20.4. The molecule has 0 bridgehead atoms. The van der Waals surface area contributed by atoms with Crippen molar-refractivity contribution >= 4 is 34.7 Å². The summed E-state index contributed by atoms with van der Waals surface area (Å²) in [5.74, 6) is 0.959. The Kier molecular flexibility index (Phi) is 5.50. The van der Waals surface area contributed by atoms with Crippen LogP contribution < -0.4 is 10.6 Å². The highest BCUT2D eigenvalue weighted by Crippen LogP contribution is 2.41. The van der Waals surface area contributed by atoms with Gasteiger partial charge in [0.1, 0.15) is 5.84 Å². The Labute approximate surface area is 177 Å². The number of hydrogen-bond acceptors (Lipinski definition) is 3. The zero-order valence-electron chi connectivity index (χ0n) is 17.0. The normalized spacial score (nSPS) is 18.7. The fraction of sp³-hybridized carbons (Fsp3) is 0.391. The van der Waals surface area contributed by atoms with Gasteiger partial charge < -0.3 is 15.5 Å². The van der Waals surface area contributed by atoms with Crippen molar-refractivity contribution in [1.82, 2.24) is 4.90 Å². The zero-order valence-corrected chi connectivity index (χ0v) is 17.7. The second-order valence-electron chi connectivity index (χ2n) is 8.12. The molecule has 2 aromatic rings. The van der Waals surface area contributed by atoms with Gasteiger partial charge in [0.25, 0.3) is 5.91 Å². The Bertz CT molecular complexity index is 948. The van der Waals surface area contributed by atoms with Crippen LogP contribution in [0.25, 0.3) is 0 Å². The van der Waals surface area contributed by atoms with Gasteiger partial charge in [0.05, 0.1) is 29.0 Å². The molecule has 0 atom stereocenters. The van der Waals surface area contributed by atoms with Gasteiger partial charge in [-0.1, -0.05) is 49.1 Å². The van der Waals surface area contributed by atoms with Gasteiger partial charge in [0.2, 0.25) is 0 Å². The summed E-state index contributed by atoms with van der Waals surface area (Å²) in [6.07, 6.45) is 5.51. The van der Waals surface area contributed by atoms with Gasteiger partial charge in [-0.15, -0.1) is 0 Å². The Hall–Kier alpha value is -2.53. The van der Waals surface area contributed by atoms with Crippen LogP contribution in [0.5, 0.6) is 0 Å². The van der Waals surface area contributed by atoms with Gasteiger partial charge in [-0.05, 0) is 42.7 Å². The Morgan fingerprint density at radius 2 is 1.90 bits per heavy atom. The Morgan fingerprint density at radius 3 is 2.62 bits per heavy atom. The second kappa shape index (κ2) is 8.07. The molecule has 5 nitrogen and oxygen atoms in total. The van der Waals surface area contributed by atoms with Crippen molar-refractivity contribution in [2.45, 2.75) is 44.2 Å². The SMILES string of the molecule is CN(C)C(=O)c1cccc2c1NC1(CCCCC1)C(=NCc1cccc(Cl)c1)N2. The average molecular weight is 411 g/mol. The maximum absolute atomic E-state index is 12.7.